The van der Waals surface area contributed by atoms with Crippen LogP contribution in [-0.2, 0) is 4.79 Å². The molecule has 7 heteroatoms. The molecule has 1 fully saturated rings. The first-order valence-electron chi connectivity index (χ1n) is 6.97. The minimum Gasteiger partial charge on any atom is -0.369 e. The summed E-state index contributed by atoms with van der Waals surface area (Å²) < 4.78 is 0. The van der Waals surface area contributed by atoms with Crippen molar-refractivity contribution in [2.45, 2.75) is 45.1 Å². The molecular weight excluding hydrogens is 256 g/mol. The highest BCUT2D eigenvalue weighted by atomic mass is 16.1. The molecule has 2 rings (SSSR count). The molecule has 0 bridgehead atoms. The molecular formula is C13H22N6O. The third kappa shape index (κ3) is 4.34. The van der Waals surface area contributed by atoms with Gasteiger partial charge in [-0.3, -0.25) is 4.79 Å². The summed E-state index contributed by atoms with van der Waals surface area (Å²) in [5, 5.41) is 6.08. The maximum absolute atomic E-state index is 11.6. The van der Waals surface area contributed by atoms with Crippen molar-refractivity contribution >= 4 is 17.5 Å². The summed E-state index contributed by atoms with van der Waals surface area (Å²) in [4.78, 5) is 20.2. The SMILES string of the molecule is CC(C)c1nc(NN)cc(NCCC(=O)NC2CC2)n1. The smallest absolute Gasteiger partial charge is 0.221 e. The van der Waals surface area contributed by atoms with E-state index in [0.717, 1.165) is 12.8 Å². The van der Waals surface area contributed by atoms with Crippen LogP contribution in [0.25, 0.3) is 0 Å². The summed E-state index contributed by atoms with van der Waals surface area (Å²) in [5.74, 6) is 7.64. The van der Waals surface area contributed by atoms with Gasteiger partial charge in [0.1, 0.15) is 17.5 Å². The lowest BCUT2D eigenvalue weighted by Gasteiger charge is -2.11. The molecule has 1 aliphatic rings. The van der Waals surface area contributed by atoms with Crippen molar-refractivity contribution in [2.24, 2.45) is 5.84 Å². The highest BCUT2D eigenvalue weighted by molar-refractivity contribution is 5.77. The molecule has 1 aliphatic carbocycles. The van der Waals surface area contributed by atoms with E-state index in [1.54, 1.807) is 6.07 Å². The summed E-state index contributed by atoms with van der Waals surface area (Å²) in [6.45, 7) is 4.57. The molecule has 20 heavy (non-hydrogen) atoms. The Morgan fingerprint density at radius 1 is 1.40 bits per heavy atom. The monoisotopic (exact) mass is 278 g/mol. The first kappa shape index (κ1) is 14.5. The molecule has 0 spiro atoms. The van der Waals surface area contributed by atoms with Crippen LogP contribution < -0.4 is 21.9 Å². The Kier molecular flexibility index (Phi) is 4.73. The normalized spacial score (nSPS) is 14.2. The number of amides is 1. The van der Waals surface area contributed by atoms with Crippen LogP contribution in [0.5, 0.6) is 0 Å². The minimum atomic E-state index is 0.0790. The number of hydrazine groups is 1. The van der Waals surface area contributed by atoms with Crippen LogP contribution >= 0.6 is 0 Å². The van der Waals surface area contributed by atoms with Crippen molar-refractivity contribution in [1.82, 2.24) is 15.3 Å². The van der Waals surface area contributed by atoms with Gasteiger partial charge in [-0.25, -0.2) is 15.8 Å². The lowest BCUT2D eigenvalue weighted by Crippen LogP contribution is -2.27. The standard InChI is InChI=1S/C13H22N6O/c1-8(2)13-17-10(7-11(18-13)19-14)15-6-5-12(20)16-9-3-4-9/h7-9H,3-6,14H2,1-2H3,(H,16,20)(H2,15,17,18,19). The highest BCUT2D eigenvalue weighted by Gasteiger charge is 2.22. The zero-order chi connectivity index (χ0) is 14.5. The largest absolute Gasteiger partial charge is 0.369 e. The average Bonchev–Trinajstić information content (AvgIpc) is 3.22. The number of hydrogen-bond donors (Lipinski definition) is 4. The van der Waals surface area contributed by atoms with E-state index in [1.165, 1.54) is 0 Å². The Labute approximate surface area is 118 Å². The second-order valence-corrected chi connectivity index (χ2v) is 5.31. The Morgan fingerprint density at radius 3 is 2.70 bits per heavy atom. The summed E-state index contributed by atoms with van der Waals surface area (Å²) >= 11 is 0. The van der Waals surface area contributed by atoms with Gasteiger partial charge in [-0.05, 0) is 12.8 Å². The summed E-state index contributed by atoms with van der Waals surface area (Å²) in [6.07, 6.45) is 2.64. The number of anilines is 2. The van der Waals surface area contributed by atoms with E-state index < -0.39 is 0 Å². The summed E-state index contributed by atoms with van der Waals surface area (Å²) in [7, 11) is 0. The molecule has 1 aromatic heterocycles. The number of carbonyl (C=O) groups is 1. The van der Waals surface area contributed by atoms with Gasteiger partial charge in [0.2, 0.25) is 5.91 Å². The molecule has 0 unspecified atom stereocenters. The number of nitrogen functional groups attached to an aromatic ring is 1. The van der Waals surface area contributed by atoms with Crippen molar-refractivity contribution in [2.75, 3.05) is 17.3 Å². The first-order chi connectivity index (χ1) is 9.58. The maximum Gasteiger partial charge on any atom is 0.221 e. The van der Waals surface area contributed by atoms with Gasteiger partial charge in [-0.2, -0.15) is 0 Å². The van der Waals surface area contributed by atoms with Crippen molar-refractivity contribution in [3.8, 4) is 0 Å². The third-order valence-corrected chi connectivity index (χ3v) is 3.01. The molecule has 7 nitrogen and oxygen atoms in total. The van der Waals surface area contributed by atoms with E-state index in [1.807, 2.05) is 13.8 Å². The Morgan fingerprint density at radius 2 is 2.10 bits per heavy atom. The van der Waals surface area contributed by atoms with Crippen LogP contribution in [0, 0.1) is 0 Å². The van der Waals surface area contributed by atoms with Gasteiger partial charge in [0, 0.05) is 31.0 Å². The van der Waals surface area contributed by atoms with E-state index in [9.17, 15) is 4.79 Å². The second kappa shape index (κ2) is 6.51. The van der Waals surface area contributed by atoms with Crippen LogP contribution in [0.3, 0.4) is 0 Å². The van der Waals surface area contributed by atoms with Gasteiger partial charge in [0.05, 0.1) is 0 Å². The Hall–Kier alpha value is -1.89. The zero-order valence-electron chi connectivity index (χ0n) is 11.9. The predicted molar refractivity (Wildman–Crippen MR) is 78.2 cm³/mol. The topological polar surface area (TPSA) is 105 Å². The molecule has 0 aliphatic heterocycles. The lowest BCUT2D eigenvalue weighted by atomic mass is 10.2. The van der Waals surface area contributed by atoms with E-state index in [4.69, 9.17) is 5.84 Å². The number of rotatable bonds is 7. The Balaban J connectivity index is 1.87. The molecule has 1 saturated carbocycles. The van der Waals surface area contributed by atoms with Crippen LogP contribution in [0.2, 0.25) is 0 Å². The average molecular weight is 278 g/mol. The highest BCUT2D eigenvalue weighted by Crippen LogP contribution is 2.19. The fraction of sp³-hybridized carbons (Fsp3) is 0.615. The maximum atomic E-state index is 11.6. The number of carbonyl (C=O) groups excluding carboxylic acids is 1. The fourth-order valence-electron chi connectivity index (χ4n) is 1.72. The molecule has 5 N–H and O–H groups in total. The number of nitrogens with one attached hydrogen (secondary N) is 3. The van der Waals surface area contributed by atoms with Crippen molar-refractivity contribution in [3.63, 3.8) is 0 Å². The van der Waals surface area contributed by atoms with E-state index in [0.29, 0.717) is 36.5 Å². The Bertz CT molecular complexity index is 472. The zero-order valence-corrected chi connectivity index (χ0v) is 11.9. The molecule has 110 valence electrons. The van der Waals surface area contributed by atoms with Gasteiger partial charge in [0.25, 0.3) is 0 Å². The van der Waals surface area contributed by atoms with Gasteiger partial charge in [-0.1, -0.05) is 13.8 Å². The van der Waals surface area contributed by atoms with Crippen molar-refractivity contribution in [3.05, 3.63) is 11.9 Å². The molecule has 0 radical (unpaired) electrons. The minimum absolute atomic E-state index is 0.0790. The van der Waals surface area contributed by atoms with Gasteiger partial charge < -0.3 is 16.1 Å². The van der Waals surface area contributed by atoms with Crippen LogP contribution in [0.1, 0.15) is 44.9 Å². The third-order valence-electron chi connectivity index (χ3n) is 3.01. The second-order valence-electron chi connectivity index (χ2n) is 5.31. The molecule has 1 heterocycles. The molecule has 0 atom stereocenters. The lowest BCUT2D eigenvalue weighted by molar-refractivity contribution is -0.120. The first-order valence-corrected chi connectivity index (χ1v) is 6.97. The van der Waals surface area contributed by atoms with E-state index in [-0.39, 0.29) is 11.8 Å². The number of nitrogens with two attached hydrogens (primary N) is 1. The molecule has 1 amide bonds. The summed E-state index contributed by atoms with van der Waals surface area (Å²) in [5.41, 5.74) is 2.53. The fourth-order valence-corrected chi connectivity index (χ4v) is 1.72. The van der Waals surface area contributed by atoms with Crippen LogP contribution in [-0.4, -0.2) is 28.5 Å². The number of nitrogens with zero attached hydrogens (tertiary/aromatic N) is 2. The van der Waals surface area contributed by atoms with Crippen molar-refractivity contribution in [1.29, 1.82) is 0 Å². The predicted octanol–water partition coefficient (Wildman–Crippen LogP) is 0.966. The number of aromatic nitrogens is 2. The quantitative estimate of drug-likeness (QED) is 0.437. The van der Waals surface area contributed by atoms with Gasteiger partial charge in [-0.15, -0.1) is 0 Å². The van der Waals surface area contributed by atoms with E-state index in [2.05, 4.69) is 26.0 Å². The molecule has 1 aromatic rings. The molecule has 0 aromatic carbocycles. The van der Waals surface area contributed by atoms with Gasteiger partial charge >= 0.3 is 0 Å². The molecule has 0 saturated heterocycles. The van der Waals surface area contributed by atoms with Crippen LogP contribution in [0.15, 0.2) is 6.07 Å². The van der Waals surface area contributed by atoms with E-state index >= 15 is 0 Å². The van der Waals surface area contributed by atoms with Crippen LogP contribution in [0.4, 0.5) is 11.6 Å². The summed E-state index contributed by atoms with van der Waals surface area (Å²) in [6, 6.07) is 2.13. The van der Waals surface area contributed by atoms with Crippen molar-refractivity contribution < 1.29 is 4.79 Å². The number of hydrogen-bond acceptors (Lipinski definition) is 6. The van der Waals surface area contributed by atoms with Gasteiger partial charge in [0.15, 0.2) is 0 Å².